The molecular weight excluding hydrogens is 877 g/mol. The average molecular weight is 917 g/mol. The molecule has 72 heavy (non-hydrogen) atoms. The Kier molecular flexibility index (Phi) is 10.2. The maximum atomic E-state index is 10.2. The fourth-order valence-corrected chi connectivity index (χ4v) is 10.5. The lowest BCUT2D eigenvalue weighted by Gasteiger charge is -2.20. The van der Waals surface area contributed by atoms with Gasteiger partial charge < -0.3 is 9.13 Å². The van der Waals surface area contributed by atoms with Gasteiger partial charge >= 0.3 is 0 Å². The number of para-hydroxylation sites is 4. The lowest BCUT2D eigenvalue weighted by molar-refractivity contribution is 1.15. The Bertz CT molecular complexity index is 4300. The minimum atomic E-state index is 0.629. The van der Waals surface area contributed by atoms with Gasteiger partial charge in [0.25, 0.3) is 0 Å². The third kappa shape index (κ3) is 7.02. The Hall–Kier alpha value is -10.1. The largest absolute Gasteiger partial charge is 0.309 e. The molecule has 0 N–H and O–H groups in total. The Balaban J connectivity index is 1.08. The first-order chi connectivity index (χ1) is 35.6. The van der Waals surface area contributed by atoms with Crippen LogP contribution in [0.4, 0.5) is 5.69 Å². The predicted molar refractivity (Wildman–Crippen MR) is 294 cm³/mol. The zero-order valence-corrected chi connectivity index (χ0v) is 38.8. The third-order valence-electron chi connectivity index (χ3n) is 13.8. The van der Waals surface area contributed by atoms with Crippen molar-refractivity contribution in [1.82, 2.24) is 19.1 Å². The van der Waals surface area contributed by atoms with E-state index in [9.17, 15) is 5.26 Å². The fourth-order valence-electron chi connectivity index (χ4n) is 10.5. The molecule has 10 aromatic carbocycles. The average Bonchev–Trinajstić information content (AvgIpc) is 3.97. The van der Waals surface area contributed by atoms with Gasteiger partial charge in [0.2, 0.25) is 0 Å². The third-order valence-corrected chi connectivity index (χ3v) is 13.8. The summed E-state index contributed by atoms with van der Waals surface area (Å²) in [5, 5.41) is 14.6. The van der Waals surface area contributed by atoms with Crippen LogP contribution < -0.4 is 0 Å². The van der Waals surface area contributed by atoms with Crippen LogP contribution in [0.2, 0.25) is 0 Å². The van der Waals surface area contributed by atoms with Crippen molar-refractivity contribution in [2.75, 3.05) is 0 Å². The Morgan fingerprint density at radius 1 is 0.361 bits per heavy atom. The number of nitriles is 1. The van der Waals surface area contributed by atoms with Crippen molar-refractivity contribution < 1.29 is 0 Å². The van der Waals surface area contributed by atoms with Gasteiger partial charge in [-0.1, -0.05) is 182 Å². The van der Waals surface area contributed by atoms with Gasteiger partial charge in [-0.3, -0.25) is 0 Å². The van der Waals surface area contributed by atoms with E-state index in [1.54, 1.807) is 0 Å². The van der Waals surface area contributed by atoms with E-state index >= 15 is 0 Å². The molecule has 0 atom stereocenters. The van der Waals surface area contributed by atoms with Gasteiger partial charge in [-0.15, -0.1) is 0 Å². The van der Waals surface area contributed by atoms with E-state index in [1.807, 2.05) is 84.9 Å². The highest BCUT2D eigenvalue weighted by Gasteiger charge is 2.23. The maximum Gasteiger partial charge on any atom is 0.194 e. The van der Waals surface area contributed by atoms with Crippen molar-refractivity contribution in [1.29, 1.82) is 5.26 Å². The molecule has 0 aliphatic heterocycles. The number of benzene rings is 10. The van der Waals surface area contributed by atoms with Gasteiger partial charge in [0.1, 0.15) is 0 Å². The molecule has 0 aliphatic carbocycles. The molecule has 0 spiro atoms. The van der Waals surface area contributed by atoms with E-state index in [1.165, 1.54) is 0 Å². The van der Waals surface area contributed by atoms with Gasteiger partial charge in [-0.25, -0.2) is 14.8 Å². The number of nitrogens with zero attached hydrogens (tertiary/aromatic N) is 6. The van der Waals surface area contributed by atoms with Crippen molar-refractivity contribution in [3.63, 3.8) is 0 Å². The van der Waals surface area contributed by atoms with Crippen LogP contribution in [0, 0.1) is 17.9 Å². The van der Waals surface area contributed by atoms with E-state index in [0.29, 0.717) is 17.1 Å². The summed E-state index contributed by atoms with van der Waals surface area (Å²) < 4.78 is 4.78. The molecule has 13 rings (SSSR count). The summed E-state index contributed by atoms with van der Waals surface area (Å²) in [4.78, 5) is 14.3. The van der Waals surface area contributed by atoms with Gasteiger partial charge in [0.15, 0.2) is 11.5 Å². The van der Waals surface area contributed by atoms with Crippen LogP contribution in [-0.4, -0.2) is 19.1 Å². The quantitative estimate of drug-likeness (QED) is 0.143. The summed E-state index contributed by atoms with van der Waals surface area (Å²) in [5.74, 6) is 0.650. The molecule has 0 bridgehead atoms. The summed E-state index contributed by atoms with van der Waals surface area (Å²) in [6.45, 7) is 7.92. The second-order valence-electron chi connectivity index (χ2n) is 17.9. The molecule has 0 fully saturated rings. The fraction of sp³-hybridized carbons (Fsp3) is 0. The number of hydrogen-bond donors (Lipinski definition) is 0. The molecular formula is C66H40N6. The van der Waals surface area contributed by atoms with Crippen LogP contribution in [0.25, 0.3) is 127 Å². The van der Waals surface area contributed by atoms with Gasteiger partial charge in [-0.05, 0) is 82.9 Å². The normalized spacial score (nSPS) is 11.3. The van der Waals surface area contributed by atoms with Crippen molar-refractivity contribution >= 4 is 49.3 Å². The van der Waals surface area contributed by atoms with E-state index in [2.05, 4.69) is 178 Å². The van der Waals surface area contributed by atoms with Crippen molar-refractivity contribution in [3.05, 3.63) is 260 Å². The lowest BCUT2D eigenvalue weighted by Crippen LogP contribution is -2.02. The van der Waals surface area contributed by atoms with Gasteiger partial charge in [0, 0.05) is 49.4 Å². The molecule has 0 aliphatic rings. The second-order valence-corrected chi connectivity index (χ2v) is 17.9. The van der Waals surface area contributed by atoms with Crippen LogP contribution in [0.1, 0.15) is 5.56 Å². The van der Waals surface area contributed by atoms with E-state index in [4.69, 9.17) is 16.5 Å². The van der Waals surface area contributed by atoms with Crippen LogP contribution in [0.5, 0.6) is 0 Å². The highest BCUT2D eigenvalue weighted by Crippen LogP contribution is 2.44. The summed E-state index contributed by atoms with van der Waals surface area (Å²) in [5.41, 5.74) is 17.9. The smallest absolute Gasteiger partial charge is 0.194 e. The summed E-state index contributed by atoms with van der Waals surface area (Å²) >= 11 is 0. The van der Waals surface area contributed by atoms with Gasteiger partial charge in [0.05, 0.1) is 63.0 Å². The molecule has 0 saturated heterocycles. The molecule has 13 aromatic rings. The van der Waals surface area contributed by atoms with Crippen LogP contribution in [-0.2, 0) is 0 Å². The number of aromatic nitrogens is 4. The molecule has 0 amide bonds. The van der Waals surface area contributed by atoms with Gasteiger partial charge in [-0.2, -0.15) is 5.26 Å². The van der Waals surface area contributed by atoms with E-state index in [-0.39, 0.29) is 0 Å². The second kappa shape index (κ2) is 17.4. The maximum absolute atomic E-state index is 10.2. The number of hydrogen-bond acceptors (Lipinski definition) is 3. The van der Waals surface area contributed by atoms with Crippen molar-refractivity contribution in [2.24, 2.45) is 0 Å². The zero-order chi connectivity index (χ0) is 48.1. The summed E-state index contributed by atoms with van der Waals surface area (Å²) in [6, 6.07) is 86.3. The van der Waals surface area contributed by atoms with E-state index in [0.717, 1.165) is 116 Å². The van der Waals surface area contributed by atoms with Crippen molar-refractivity contribution in [3.8, 4) is 84.7 Å². The molecule has 3 aromatic heterocycles. The van der Waals surface area contributed by atoms with Crippen LogP contribution in [0.15, 0.2) is 243 Å². The van der Waals surface area contributed by atoms with E-state index < -0.39 is 0 Å². The zero-order valence-electron chi connectivity index (χ0n) is 38.8. The molecule has 6 heteroatoms. The minimum absolute atomic E-state index is 0.629. The van der Waals surface area contributed by atoms with Crippen LogP contribution in [0.3, 0.4) is 0 Å². The highest BCUT2D eigenvalue weighted by atomic mass is 15.0. The standard InChI is InChI=1S/C66H40N6/c1-68-57-28-14-10-24-50(57)46-34-37-63-56(39-46)52-26-12-16-30-61(52)71(63)60-29-15-11-25-51(60)54-35-32-47(59-41-58(43-18-4-2-5-19-43)69-66(70-59)44-20-6-3-7-21-44)40-65(54)72-62-31-17-13-27-53(62)55-38-45(33-36-64(55)72)49-23-9-8-22-48(49)42-67/h2-41H. The Labute approximate surface area is 416 Å². The molecule has 0 unspecified atom stereocenters. The predicted octanol–water partition coefficient (Wildman–Crippen LogP) is 17.1. The Morgan fingerprint density at radius 2 is 0.847 bits per heavy atom. The molecule has 334 valence electrons. The number of fused-ring (bicyclic) bond motifs is 6. The Morgan fingerprint density at radius 3 is 1.51 bits per heavy atom. The minimum Gasteiger partial charge on any atom is -0.309 e. The first kappa shape index (κ1) is 42.0. The number of rotatable bonds is 8. The SMILES string of the molecule is [C-]#[N+]c1ccccc1-c1ccc2c(c1)c1ccccc1n2-c1ccccc1-c1ccc(-c2cc(-c3ccccc3)nc(-c3ccccc3)n2)cc1-n1c2ccccc2c2cc(-c3ccccc3C#N)ccc21. The van der Waals surface area contributed by atoms with Crippen LogP contribution >= 0.6 is 0 Å². The molecule has 3 heterocycles. The van der Waals surface area contributed by atoms with Crippen molar-refractivity contribution in [2.45, 2.75) is 0 Å². The topological polar surface area (TPSA) is 63.8 Å². The molecule has 6 nitrogen and oxygen atoms in total. The highest BCUT2D eigenvalue weighted by molar-refractivity contribution is 6.13. The summed E-state index contributed by atoms with van der Waals surface area (Å²) in [7, 11) is 0. The lowest BCUT2D eigenvalue weighted by atomic mass is 9.97. The monoisotopic (exact) mass is 916 g/mol. The molecule has 0 saturated carbocycles. The first-order valence-corrected chi connectivity index (χ1v) is 23.9. The molecule has 0 radical (unpaired) electrons. The summed E-state index contributed by atoms with van der Waals surface area (Å²) in [6.07, 6.45) is 0. The first-order valence-electron chi connectivity index (χ1n) is 23.9.